The third-order valence-corrected chi connectivity index (χ3v) is 9.46. The number of carbonyl (C=O) groups excluding carboxylic acids is 1. The molecule has 0 fully saturated rings. The summed E-state index contributed by atoms with van der Waals surface area (Å²) in [5, 5.41) is 0.952. The van der Waals surface area contributed by atoms with Gasteiger partial charge in [-0.25, -0.2) is 9.79 Å². The number of benzene rings is 4. The molecule has 0 amide bonds. The highest BCUT2D eigenvalue weighted by atomic mass is 79.9. The molecule has 5 aromatic rings. The highest BCUT2D eigenvalue weighted by molar-refractivity contribution is 9.10. The van der Waals surface area contributed by atoms with Gasteiger partial charge in [-0.05, 0) is 69.9 Å². The van der Waals surface area contributed by atoms with Crippen LogP contribution in [0.1, 0.15) is 35.2 Å². The summed E-state index contributed by atoms with van der Waals surface area (Å²) < 4.78 is 14.3. The van der Waals surface area contributed by atoms with E-state index in [-0.39, 0.29) is 12.2 Å². The second-order valence-electron chi connectivity index (χ2n) is 10.1. The van der Waals surface area contributed by atoms with Gasteiger partial charge in [0, 0.05) is 5.56 Å². The zero-order valence-electron chi connectivity index (χ0n) is 23.9. The number of aromatic nitrogens is 1. The Balaban J connectivity index is 1.43. The van der Waals surface area contributed by atoms with E-state index < -0.39 is 12.0 Å². The van der Waals surface area contributed by atoms with E-state index in [9.17, 15) is 9.59 Å². The molecule has 10 heteroatoms. The van der Waals surface area contributed by atoms with E-state index >= 15 is 0 Å². The lowest BCUT2D eigenvalue weighted by atomic mass is 9.93. The average molecular weight is 720 g/mol. The number of rotatable bonds is 8. The topological polar surface area (TPSA) is 69.9 Å². The Hall–Kier alpha value is -3.95. The predicted molar refractivity (Wildman–Crippen MR) is 182 cm³/mol. The Labute approximate surface area is 281 Å². The van der Waals surface area contributed by atoms with E-state index in [2.05, 4.69) is 15.9 Å². The van der Waals surface area contributed by atoms with Gasteiger partial charge in [0.25, 0.3) is 5.56 Å². The summed E-state index contributed by atoms with van der Waals surface area (Å²) in [6.07, 6.45) is 1.82. The molecule has 0 saturated heterocycles. The minimum Gasteiger partial charge on any atom is -0.488 e. The Morgan fingerprint density at radius 2 is 1.71 bits per heavy atom. The van der Waals surface area contributed by atoms with Crippen molar-refractivity contribution in [2.24, 2.45) is 4.99 Å². The van der Waals surface area contributed by atoms with E-state index in [1.54, 1.807) is 23.6 Å². The number of ether oxygens (including phenoxy) is 2. The van der Waals surface area contributed by atoms with Crippen LogP contribution in [0.3, 0.4) is 0 Å². The Bertz CT molecular complexity index is 2110. The molecule has 6 nitrogen and oxygen atoms in total. The van der Waals surface area contributed by atoms with E-state index in [1.807, 2.05) is 91.0 Å². The molecule has 0 radical (unpaired) electrons. The minimum atomic E-state index is -0.720. The monoisotopic (exact) mass is 718 g/mol. The molecule has 226 valence electrons. The fraction of sp³-hybridized carbons (Fsp3) is 0.114. The standard InChI is InChI=1S/C35H25BrCl2N2O4S/c1-2-43-34(42)30-31(23-9-5-3-6-10-23)39-35-40(32(30)24-11-7-4-8-12-24)33(41)29(45-35)19-21-14-16-28(25(36)17-21)44-20-22-13-15-26(37)27(38)18-22/h3-19,32H,2,20H2,1H3/b29-19-/t32-/m1/s1. The molecule has 0 unspecified atom stereocenters. The lowest BCUT2D eigenvalue weighted by molar-refractivity contribution is -0.138. The Morgan fingerprint density at radius 3 is 2.40 bits per heavy atom. The van der Waals surface area contributed by atoms with Gasteiger partial charge in [0.05, 0.1) is 43.0 Å². The third kappa shape index (κ3) is 6.56. The maximum Gasteiger partial charge on any atom is 0.338 e. The smallest absolute Gasteiger partial charge is 0.338 e. The maximum absolute atomic E-state index is 14.1. The molecule has 0 spiro atoms. The normalized spacial score (nSPS) is 14.6. The van der Waals surface area contributed by atoms with Gasteiger partial charge in [0.1, 0.15) is 12.4 Å². The maximum atomic E-state index is 14.1. The first-order valence-corrected chi connectivity index (χ1v) is 16.4. The molecule has 0 aliphatic carbocycles. The lowest BCUT2D eigenvalue weighted by Crippen LogP contribution is -2.39. The predicted octanol–water partition coefficient (Wildman–Crippen LogP) is 7.58. The van der Waals surface area contributed by atoms with Crippen molar-refractivity contribution in [1.29, 1.82) is 0 Å². The first-order valence-electron chi connectivity index (χ1n) is 14.0. The molecule has 0 N–H and O–H groups in total. The van der Waals surface area contributed by atoms with Gasteiger partial charge in [0.2, 0.25) is 0 Å². The van der Waals surface area contributed by atoms with Crippen molar-refractivity contribution in [3.05, 3.63) is 159 Å². The zero-order chi connectivity index (χ0) is 31.5. The molecule has 4 aromatic carbocycles. The van der Waals surface area contributed by atoms with Gasteiger partial charge in [-0.2, -0.15) is 0 Å². The first-order chi connectivity index (χ1) is 21.8. The lowest BCUT2D eigenvalue weighted by Gasteiger charge is -2.25. The number of thiazole rings is 1. The largest absolute Gasteiger partial charge is 0.488 e. The molecule has 0 saturated carbocycles. The van der Waals surface area contributed by atoms with Crippen LogP contribution < -0.4 is 19.6 Å². The van der Waals surface area contributed by atoms with E-state index in [0.717, 1.165) is 26.7 Å². The number of hydrogen-bond donors (Lipinski definition) is 0. The second-order valence-corrected chi connectivity index (χ2v) is 12.7. The molecular weight excluding hydrogens is 695 g/mol. The summed E-state index contributed by atoms with van der Waals surface area (Å²) >= 11 is 17.0. The van der Waals surface area contributed by atoms with Gasteiger partial charge in [-0.15, -0.1) is 0 Å². The van der Waals surface area contributed by atoms with E-state index in [0.29, 0.717) is 43.0 Å². The van der Waals surface area contributed by atoms with Crippen LogP contribution in [0.15, 0.2) is 117 Å². The van der Waals surface area contributed by atoms with Crippen molar-refractivity contribution in [3.63, 3.8) is 0 Å². The van der Waals surface area contributed by atoms with Gasteiger partial charge in [-0.1, -0.05) is 107 Å². The third-order valence-electron chi connectivity index (χ3n) is 7.12. The van der Waals surface area contributed by atoms with Crippen molar-refractivity contribution in [2.45, 2.75) is 19.6 Å². The number of carbonyl (C=O) groups is 1. The van der Waals surface area contributed by atoms with Crippen LogP contribution in [-0.4, -0.2) is 17.1 Å². The fourth-order valence-corrected chi connectivity index (χ4v) is 6.89. The number of fused-ring (bicyclic) bond motifs is 1. The van der Waals surface area contributed by atoms with Crippen molar-refractivity contribution < 1.29 is 14.3 Å². The highest BCUT2D eigenvalue weighted by Gasteiger charge is 2.35. The van der Waals surface area contributed by atoms with Crippen molar-refractivity contribution >= 4 is 68.2 Å². The summed E-state index contributed by atoms with van der Waals surface area (Å²) in [5.41, 5.74) is 3.77. The molecule has 1 atom stereocenters. The van der Waals surface area contributed by atoms with Crippen molar-refractivity contribution in [3.8, 4) is 5.75 Å². The van der Waals surface area contributed by atoms with Crippen LogP contribution in [-0.2, 0) is 16.1 Å². The molecular formula is C35H25BrCl2N2O4S. The number of halogens is 3. The zero-order valence-corrected chi connectivity index (χ0v) is 27.8. The molecule has 45 heavy (non-hydrogen) atoms. The first kappa shape index (κ1) is 31.0. The average Bonchev–Trinajstić information content (AvgIpc) is 3.36. The second kappa shape index (κ2) is 13.6. The highest BCUT2D eigenvalue weighted by Crippen LogP contribution is 2.35. The molecule has 1 aliphatic rings. The number of nitrogens with zero attached hydrogens (tertiary/aromatic N) is 2. The molecule has 1 aromatic heterocycles. The van der Waals surface area contributed by atoms with Crippen LogP contribution in [0.2, 0.25) is 10.0 Å². The summed E-state index contributed by atoms with van der Waals surface area (Å²) in [7, 11) is 0. The number of esters is 1. The summed E-state index contributed by atoms with van der Waals surface area (Å²) in [6.45, 7) is 2.26. The fourth-order valence-electron chi connectivity index (χ4n) is 5.06. The van der Waals surface area contributed by atoms with Crippen molar-refractivity contribution in [1.82, 2.24) is 4.57 Å². The van der Waals surface area contributed by atoms with Crippen LogP contribution in [0.5, 0.6) is 5.75 Å². The van der Waals surface area contributed by atoms with Gasteiger partial charge >= 0.3 is 5.97 Å². The van der Waals surface area contributed by atoms with Crippen LogP contribution >= 0.6 is 50.5 Å². The van der Waals surface area contributed by atoms with Crippen LogP contribution in [0.25, 0.3) is 11.8 Å². The van der Waals surface area contributed by atoms with Crippen molar-refractivity contribution in [2.75, 3.05) is 6.61 Å². The number of hydrogen-bond acceptors (Lipinski definition) is 6. The quantitative estimate of drug-likeness (QED) is 0.155. The van der Waals surface area contributed by atoms with Crippen LogP contribution in [0.4, 0.5) is 0 Å². The van der Waals surface area contributed by atoms with Gasteiger partial charge in [-0.3, -0.25) is 9.36 Å². The summed E-state index contributed by atoms with van der Waals surface area (Å²) in [5.74, 6) is 0.124. The summed E-state index contributed by atoms with van der Waals surface area (Å²) in [6, 6.07) is 29.2. The molecule has 6 rings (SSSR count). The molecule has 2 heterocycles. The minimum absolute atomic E-state index is 0.193. The summed E-state index contributed by atoms with van der Waals surface area (Å²) in [4.78, 5) is 33.0. The molecule has 0 bridgehead atoms. The van der Waals surface area contributed by atoms with Crippen LogP contribution in [0, 0.1) is 0 Å². The van der Waals surface area contributed by atoms with Gasteiger partial charge < -0.3 is 9.47 Å². The Morgan fingerprint density at radius 1 is 0.978 bits per heavy atom. The Kier molecular flexibility index (Phi) is 9.37. The van der Waals surface area contributed by atoms with E-state index in [1.165, 1.54) is 11.3 Å². The molecule has 1 aliphatic heterocycles. The van der Waals surface area contributed by atoms with Gasteiger partial charge in [0.15, 0.2) is 4.80 Å². The SMILES string of the molecule is CCOC(=O)C1=C(c2ccccc2)N=c2s/c(=C\c3ccc(OCc4ccc(Cl)c(Cl)c4)c(Br)c3)c(=O)n2[C@@H]1c1ccccc1. The van der Waals surface area contributed by atoms with E-state index in [4.69, 9.17) is 37.7 Å².